The Morgan fingerprint density at radius 3 is 2.35 bits per heavy atom. The summed E-state index contributed by atoms with van der Waals surface area (Å²) >= 11 is 0. The van der Waals surface area contributed by atoms with Gasteiger partial charge in [0, 0.05) is 52.0 Å². The first kappa shape index (κ1) is 30.8. The van der Waals surface area contributed by atoms with Crippen LogP contribution in [0.25, 0.3) is 0 Å². The highest BCUT2D eigenvalue weighted by atomic mass is 16.5. The number of Topliss-reactive ketones (excluding diaryl/α,β-unsaturated/α-hetero) is 1. The standard InChI is InChI=1S/C33H51NO6/c1-19(18-34-21(3)35)8-11-29(38)20(2)31-30(40-23(5)37)17-28-26-10-9-24-16-25(39-22(4)36)12-14-32(24,6)27(26)13-15-33(28,31)7/h9,19-20,25-28,30-31H,8,10-18H2,1-7H3,(H,34,35). The Balaban J connectivity index is 1.52. The molecule has 0 aromatic heterocycles. The average Bonchev–Trinajstić information content (AvgIpc) is 3.16. The van der Waals surface area contributed by atoms with Crippen molar-refractivity contribution in [3.8, 4) is 0 Å². The van der Waals surface area contributed by atoms with Gasteiger partial charge in [0.2, 0.25) is 5.91 Å². The van der Waals surface area contributed by atoms with Crippen molar-refractivity contribution in [1.82, 2.24) is 5.32 Å². The Morgan fingerprint density at radius 1 is 1.00 bits per heavy atom. The van der Waals surface area contributed by atoms with Crippen molar-refractivity contribution < 1.29 is 28.7 Å². The molecule has 0 spiro atoms. The van der Waals surface area contributed by atoms with Crippen molar-refractivity contribution in [2.75, 3.05) is 6.54 Å². The second kappa shape index (κ2) is 12.0. The lowest BCUT2D eigenvalue weighted by atomic mass is 9.47. The largest absolute Gasteiger partial charge is 0.462 e. The monoisotopic (exact) mass is 557 g/mol. The van der Waals surface area contributed by atoms with Gasteiger partial charge in [0.15, 0.2) is 0 Å². The molecule has 40 heavy (non-hydrogen) atoms. The molecule has 0 radical (unpaired) electrons. The first-order chi connectivity index (χ1) is 18.8. The summed E-state index contributed by atoms with van der Waals surface area (Å²) in [6, 6.07) is 0. The molecule has 0 heterocycles. The Bertz CT molecular complexity index is 1040. The number of amides is 1. The van der Waals surface area contributed by atoms with E-state index < -0.39 is 0 Å². The summed E-state index contributed by atoms with van der Waals surface area (Å²) in [5.41, 5.74) is 1.51. The van der Waals surface area contributed by atoms with E-state index in [1.54, 1.807) is 0 Å². The third kappa shape index (κ3) is 6.04. The zero-order chi connectivity index (χ0) is 29.4. The third-order valence-electron chi connectivity index (χ3n) is 11.4. The van der Waals surface area contributed by atoms with Crippen molar-refractivity contribution in [1.29, 1.82) is 0 Å². The maximum absolute atomic E-state index is 13.6. The summed E-state index contributed by atoms with van der Waals surface area (Å²) in [7, 11) is 0. The highest BCUT2D eigenvalue weighted by Gasteiger charge is 2.63. The predicted octanol–water partition coefficient (Wildman–Crippen LogP) is 5.80. The fraction of sp³-hybridized carbons (Fsp3) is 0.818. The van der Waals surface area contributed by atoms with Crippen LogP contribution >= 0.6 is 0 Å². The molecule has 4 aliphatic rings. The van der Waals surface area contributed by atoms with Gasteiger partial charge in [-0.15, -0.1) is 0 Å². The van der Waals surface area contributed by atoms with Crippen LogP contribution in [0.4, 0.5) is 0 Å². The molecule has 10 unspecified atom stereocenters. The Kier molecular flexibility index (Phi) is 9.21. The third-order valence-corrected chi connectivity index (χ3v) is 11.4. The van der Waals surface area contributed by atoms with Crippen LogP contribution in [0, 0.1) is 46.3 Å². The number of fused-ring (bicyclic) bond motifs is 5. The van der Waals surface area contributed by atoms with Crippen molar-refractivity contribution in [2.45, 2.75) is 118 Å². The highest BCUT2D eigenvalue weighted by molar-refractivity contribution is 5.81. The van der Waals surface area contributed by atoms with E-state index in [1.165, 1.54) is 26.3 Å². The van der Waals surface area contributed by atoms with Gasteiger partial charge in [-0.25, -0.2) is 0 Å². The number of allylic oxidation sites excluding steroid dienone is 1. The Labute approximate surface area is 240 Å². The van der Waals surface area contributed by atoms with E-state index in [4.69, 9.17) is 9.47 Å². The fourth-order valence-corrected chi connectivity index (χ4v) is 9.45. The molecule has 0 aliphatic heterocycles. The van der Waals surface area contributed by atoms with Crippen LogP contribution in [-0.4, -0.2) is 42.4 Å². The van der Waals surface area contributed by atoms with Gasteiger partial charge in [-0.1, -0.05) is 39.3 Å². The first-order valence-corrected chi connectivity index (χ1v) is 15.6. The van der Waals surface area contributed by atoms with Crippen LogP contribution in [-0.2, 0) is 28.7 Å². The maximum atomic E-state index is 13.6. The molecule has 3 fully saturated rings. The minimum absolute atomic E-state index is 0.0124. The number of hydrogen-bond acceptors (Lipinski definition) is 6. The van der Waals surface area contributed by atoms with E-state index in [-0.39, 0.29) is 64.4 Å². The van der Waals surface area contributed by atoms with Gasteiger partial charge in [0.05, 0.1) is 0 Å². The zero-order valence-corrected chi connectivity index (χ0v) is 25.7. The lowest BCUT2D eigenvalue weighted by Gasteiger charge is -2.58. The topological polar surface area (TPSA) is 98.8 Å². The second-order valence-electron chi connectivity index (χ2n) is 14.0. The first-order valence-electron chi connectivity index (χ1n) is 15.6. The summed E-state index contributed by atoms with van der Waals surface area (Å²) in [6.07, 6.45) is 10.2. The van der Waals surface area contributed by atoms with Gasteiger partial charge in [0.25, 0.3) is 0 Å². The quantitative estimate of drug-likeness (QED) is 0.284. The van der Waals surface area contributed by atoms with Crippen LogP contribution < -0.4 is 5.32 Å². The normalized spacial score (nSPS) is 38.0. The van der Waals surface area contributed by atoms with Gasteiger partial charge in [-0.3, -0.25) is 19.2 Å². The van der Waals surface area contributed by atoms with E-state index in [1.807, 2.05) is 0 Å². The lowest BCUT2D eigenvalue weighted by Crippen LogP contribution is -2.51. The number of esters is 2. The van der Waals surface area contributed by atoms with E-state index in [2.05, 4.69) is 39.1 Å². The fourth-order valence-electron chi connectivity index (χ4n) is 9.45. The average molecular weight is 558 g/mol. The number of ketones is 1. The van der Waals surface area contributed by atoms with E-state index in [9.17, 15) is 19.2 Å². The number of rotatable bonds is 9. The van der Waals surface area contributed by atoms with Crippen molar-refractivity contribution in [2.24, 2.45) is 46.3 Å². The number of ether oxygens (including phenoxy) is 2. The summed E-state index contributed by atoms with van der Waals surface area (Å²) in [5, 5.41) is 2.85. The second-order valence-corrected chi connectivity index (χ2v) is 14.0. The summed E-state index contributed by atoms with van der Waals surface area (Å²) < 4.78 is 11.6. The molecule has 10 atom stereocenters. The number of carbonyl (C=O) groups is 4. The summed E-state index contributed by atoms with van der Waals surface area (Å²) in [6.45, 7) is 14.0. The molecule has 3 saturated carbocycles. The van der Waals surface area contributed by atoms with Gasteiger partial charge < -0.3 is 14.8 Å². The summed E-state index contributed by atoms with van der Waals surface area (Å²) in [4.78, 5) is 48.7. The highest BCUT2D eigenvalue weighted by Crippen LogP contribution is 2.67. The molecule has 0 saturated heterocycles. The van der Waals surface area contributed by atoms with Crippen LogP contribution in [0.1, 0.15) is 106 Å². The molecule has 224 valence electrons. The predicted molar refractivity (Wildman–Crippen MR) is 153 cm³/mol. The SMILES string of the molecule is CC(=O)NCC(C)CCC(=O)C(C)C1C(OC(C)=O)CC2C3CC=C4CC(OC(C)=O)CCC4(C)C3CCC21C. The van der Waals surface area contributed by atoms with E-state index in [0.29, 0.717) is 30.7 Å². The molecule has 0 aromatic rings. The van der Waals surface area contributed by atoms with Gasteiger partial charge >= 0.3 is 11.9 Å². The minimum atomic E-state index is -0.265. The molecular weight excluding hydrogens is 506 g/mol. The van der Waals surface area contributed by atoms with Crippen molar-refractivity contribution in [3.63, 3.8) is 0 Å². The molecule has 7 heteroatoms. The summed E-state index contributed by atoms with van der Waals surface area (Å²) in [5.74, 6) is 1.24. The maximum Gasteiger partial charge on any atom is 0.302 e. The van der Waals surface area contributed by atoms with Gasteiger partial charge in [-0.2, -0.15) is 0 Å². The lowest BCUT2D eigenvalue weighted by molar-refractivity contribution is -0.153. The number of nitrogens with one attached hydrogen (secondary N) is 1. The Morgan fingerprint density at radius 2 is 1.70 bits per heavy atom. The van der Waals surface area contributed by atoms with Gasteiger partial charge in [0.1, 0.15) is 18.0 Å². The smallest absolute Gasteiger partial charge is 0.302 e. The van der Waals surface area contributed by atoms with E-state index in [0.717, 1.165) is 51.4 Å². The molecule has 1 amide bonds. The minimum Gasteiger partial charge on any atom is -0.462 e. The van der Waals surface area contributed by atoms with Crippen LogP contribution in [0.15, 0.2) is 11.6 Å². The number of hydrogen-bond donors (Lipinski definition) is 1. The number of carbonyl (C=O) groups excluding carboxylic acids is 4. The molecule has 0 aromatic carbocycles. The van der Waals surface area contributed by atoms with Crippen LogP contribution in [0.3, 0.4) is 0 Å². The van der Waals surface area contributed by atoms with Gasteiger partial charge in [-0.05, 0) is 79.4 Å². The molecule has 4 rings (SSSR count). The molecule has 0 bridgehead atoms. The van der Waals surface area contributed by atoms with Crippen molar-refractivity contribution >= 4 is 23.6 Å². The Hall–Kier alpha value is -2.18. The van der Waals surface area contributed by atoms with E-state index >= 15 is 0 Å². The van der Waals surface area contributed by atoms with Crippen molar-refractivity contribution in [3.05, 3.63) is 11.6 Å². The molecular formula is C33H51NO6. The molecule has 4 aliphatic carbocycles. The zero-order valence-electron chi connectivity index (χ0n) is 25.7. The molecule has 7 nitrogen and oxygen atoms in total. The van der Waals surface area contributed by atoms with Crippen LogP contribution in [0.5, 0.6) is 0 Å². The van der Waals surface area contributed by atoms with Crippen LogP contribution in [0.2, 0.25) is 0 Å². The molecule has 1 N–H and O–H groups in total.